The first-order chi connectivity index (χ1) is 9.89. The number of aromatic nitrogens is 1. The number of rotatable bonds is 3. The quantitative estimate of drug-likeness (QED) is 0.946. The highest BCUT2D eigenvalue weighted by atomic mass is 19.4. The van der Waals surface area contributed by atoms with Gasteiger partial charge in [0, 0.05) is 17.8 Å². The van der Waals surface area contributed by atoms with Gasteiger partial charge in [-0.2, -0.15) is 5.26 Å². The molecule has 2 rings (SSSR count). The fourth-order valence-electron chi connectivity index (χ4n) is 1.85. The first kappa shape index (κ1) is 14.7. The maximum atomic E-state index is 12.1. The summed E-state index contributed by atoms with van der Waals surface area (Å²) in [5.74, 6) is -0.336. The number of halogens is 3. The van der Waals surface area contributed by atoms with Crippen molar-refractivity contribution in [1.82, 2.24) is 4.98 Å². The minimum Gasteiger partial charge on any atom is -0.406 e. The van der Waals surface area contributed by atoms with Gasteiger partial charge in [-0.05, 0) is 23.3 Å². The number of aromatic amines is 1. The Hall–Kier alpha value is -2.75. The number of nitrogens with one attached hydrogen (secondary N) is 1. The second-order valence-electron chi connectivity index (χ2n) is 4.14. The molecule has 0 fully saturated rings. The molecule has 0 saturated heterocycles. The van der Waals surface area contributed by atoms with E-state index in [4.69, 9.17) is 5.26 Å². The number of H-pyrrole nitrogens is 1. The third kappa shape index (κ3) is 3.86. The molecular weight excluding hydrogens is 285 g/mol. The van der Waals surface area contributed by atoms with Gasteiger partial charge in [0.2, 0.25) is 5.56 Å². The Balaban J connectivity index is 2.35. The summed E-state index contributed by atoms with van der Waals surface area (Å²) in [4.78, 5) is 13.7. The van der Waals surface area contributed by atoms with Gasteiger partial charge in [0.15, 0.2) is 0 Å². The van der Waals surface area contributed by atoms with Crippen molar-refractivity contribution in [2.75, 3.05) is 0 Å². The number of alkyl halides is 3. The Morgan fingerprint density at radius 3 is 2.48 bits per heavy atom. The van der Waals surface area contributed by atoms with E-state index in [2.05, 4.69) is 9.72 Å². The van der Waals surface area contributed by atoms with Gasteiger partial charge in [-0.15, -0.1) is 13.2 Å². The Morgan fingerprint density at radius 2 is 1.90 bits per heavy atom. The lowest BCUT2D eigenvalue weighted by Crippen LogP contribution is -2.16. The first-order valence-corrected chi connectivity index (χ1v) is 5.84. The highest BCUT2D eigenvalue weighted by molar-refractivity contribution is 5.67. The van der Waals surface area contributed by atoms with Crippen LogP contribution < -0.4 is 10.3 Å². The van der Waals surface area contributed by atoms with Crippen molar-refractivity contribution in [3.63, 3.8) is 0 Å². The van der Waals surface area contributed by atoms with Crippen molar-refractivity contribution in [2.45, 2.75) is 12.8 Å². The lowest BCUT2D eigenvalue weighted by atomic mass is 10.0. The predicted molar refractivity (Wildman–Crippen MR) is 68.5 cm³/mol. The molecule has 1 N–H and O–H groups in total. The monoisotopic (exact) mass is 294 g/mol. The number of hydrogen-bond acceptors (Lipinski definition) is 3. The van der Waals surface area contributed by atoms with Gasteiger partial charge in [0.1, 0.15) is 5.75 Å². The summed E-state index contributed by atoms with van der Waals surface area (Å²) in [6.45, 7) is 0. The van der Waals surface area contributed by atoms with Crippen LogP contribution in [0.25, 0.3) is 11.1 Å². The minimum absolute atomic E-state index is 0.0278. The van der Waals surface area contributed by atoms with Crippen LogP contribution in [0, 0.1) is 11.3 Å². The van der Waals surface area contributed by atoms with Crippen molar-refractivity contribution in [2.24, 2.45) is 0 Å². The number of ether oxygens (including phenoxy) is 1. The topological polar surface area (TPSA) is 65.9 Å². The smallest absolute Gasteiger partial charge is 0.406 e. The summed E-state index contributed by atoms with van der Waals surface area (Å²) in [6.07, 6.45) is -3.29. The molecule has 7 heteroatoms. The summed E-state index contributed by atoms with van der Waals surface area (Å²) in [7, 11) is 0. The average molecular weight is 294 g/mol. The zero-order valence-corrected chi connectivity index (χ0v) is 10.6. The summed E-state index contributed by atoms with van der Waals surface area (Å²) in [6, 6.07) is 8.42. The maximum Gasteiger partial charge on any atom is 0.573 e. The maximum absolute atomic E-state index is 12.1. The van der Waals surface area contributed by atoms with Gasteiger partial charge in [0.05, 0.1) is 12.5 Å². The van der Waals surface area contributed by atoms with Crippen molar-refractivity contribution in [1.29, 1.82) is 5.26 Å². The molecular formula is C14H9F3N2O2. The zero-order chi connectivity index (χ0) is 15.5. The normalized spacial score (nSPS) is 11.0. The van der Waals surface area contributed by atoms with Crippen LogP contribution in [0.5, 0.6) is 5.75 Å². The number of benzene rings is 1. The predicted octanol–water partition coefficient (Wildman–Crippen LogP) is 3.01. The average Bonchev–Trinajstić information content (AvgIpc) is 2.39. The van der Waals surface area contributed by atoms with Gasteiger partial charge < -0.3 is 9.72 Å². The third-order valence-electron chi connectivity index (χ3n) is 2.68. The summed E-state index contributed by atoms with van der Waals surface area (Å²) in [5.41, 5.74) is 1.31. The largest absolute Gasteiger partial charge is 0.573 e. The van der Waals surface area contributed by atoms with Crippen molar-refractivity contribution in [3.05, 3.63) is 52.4 Å². The van der Waals surface area contributed by atoms with Crippen LogP contribution in [0.4, 0.5) is 13.2 Å². The highest BCUT2D eigenvalue weighted by Crippen LogP contribution is 2.27. The Morgan fingerprint density at radius 1 is 1.24 bits per heavy atom. The number of pyridine rings is 1. The van der Waals surface area contributed by atoms with Crippen molar-refractivity contribution in [3.8, 4) is 22.9 Å². The van der Waals surface area contributed by atoms with Crippen molar-refractivity contribution >= 4 is 0 Å². The fourth-order valence-corrected chi connectivity index (χ4v) is 1.85. The molecule has 0 unspecified atom stereocenters. The minimum atomic E-state index is -4.74. The second-order valence-corrected chi connectivity index (χ2v) is 4.14. The molecule has 0 radical (unpaired) electrons. The summed E-state index contributed by atoms with van der Waals surface area (Å²) >= 11 is 0. The SMILES string of the molecule is N#CCc1cc(=O)[nH]cc1-c1ccc(OC(F)(F)F)cc1. The molecule has 1 aromatic heterocycles. The third-order valence-corrected chi connectivity index (χ3v) is 2.68. The molecule has 0 atom stereocenters. The van der Waals surface area contributed by atoms with Crippen LogP contribution in [0.15, 0.2) is 41.3 Å². The molecule has 0 aliphatic rings. The van der Waals surface area contributed by atoms with Crippen LogP contribution in [-0.2, 0) is 6.42 Å². The van der Waals surface area contributed by atoms with E-state index in [0.717, 1.165) is 0 Å². The van der Waals surface area contributed by atoms with Crippen molar-refractivity contribution < 1.29 is 17.9 Å². The first-order valence-electron chi connectivity index (χ1n) is 5.84. The zero-order valence-electron chi connectivity index (χ0n) is 10.6. The lowest BCUT2D eigenvalue weighted by Gasteiger charge is -2.10. The Bertz CT molecular complexity index is 728. The van der Waals surface area contributed by atoms with E-state index < -0.39 is 6.36 Å². The van der Waals surface area contributed by atoms with Crippen LogP contribution >= 0.6 is 0 Å². The van der Waals surface area contributed by atoms with E-state index in [1.165, 1.54) is 36.5 Å². The standard InChI is InChI=1S/C14H9F3N2O2/c15-14(16,17)21-11-3-1-9(2-4-11)12-8-19-13(20)7-10(12)5-6-18/h1-4,7-8H,5H2,(H,19,20). The van der Waals surface area contributed by atoms with Gasteiger partial charge >= 0.3 is 6.36 Å². The highest BCUT2D eigenvalue weighted by Gasteiger charge is 2.30. The van der Waals surface area contributed by atoms with E-state index in [1.54, 1.807) is 0 Å². The fraction of sp³-hybridized carbons (Fsp3) is 0.143. The summed E-state index contributed by atoms with van der Waals surface area (Å²) in [5, 5.41) is 8.75. The van der Waals surface area contributed by atoms with E-state index in [9.17, 15) is 18.0 Å². The van der Waals surface area contributed by atoms with E-state index in [0.29, 0.717) is 16.7 Å². The molecule has 0 saturated carbocycles. The molecule has 108 valence electrons. The van der Waals surface area contributed by atoms with E-state index in [-0.39, 0.29) is 17.7 Å². The van der Waals surface area contributed by atoms with Gasteiger partial charge in [-0.25, -0.2) is 0 Å². The van der Waals surface area contributed by atoms with E-state index in [1.807, 2.05) is 6.07 Å². The second kappa shape index (κ2) is 5.71. The van der Waals surface area contributed by atoms with Gasteiger partial charge in [-0.1, -0.05) is 12.1 Å². The molecule has 1 aromatic carbocycles. The van der Waals surface area contributed by atoms with Gasteiger partial charge in [-0.3, -0.25) is 4.79 Å². The number of nitriles is 1. The van der Waals surface area contributed by atoms with Crippen LogP contribution in [0.3, 0.4) is 0 Å². The van der Waals surface area contributed by atoms with E-state index >= 15 is 0 Å². The Labute approximate surface area is 117 Å². The molecule has 0 aliphatic heterocycles. The summed E-state index contributed by atoms with van der Waals surface area (Å²) < 4.78 is 40.0. The molecule has 0 bridgehead atoms. The molecule has 4 nitrogen and oxygen atoms in total. The molecule has 1 heterocycles. The lowest BCUT2D eigenvalue weighted by molar-refractivity contribution is -0.274. The number of hydrogen-bond donors (Lipinski definition) is 1. The van der Waals surface area contributed by atoms with Gasteiger partial charge in [0.25, 0.3) is 0 Å². The molecule has 0 aliphatic carbocycles. The molecule has 0 spiro atoms. The molecule has 0 amide bonds. The Kier molecular flexibility index (Phi) is 3.98. The van der Waals surface area contributed by atoms with Crippen LogP contribution in [0.2, 0.25) is 0 Å². The molecule has 21 heavy (non-hydrogen) atoms. The molecule has 2 aromatic rings. The van der Waals surface area contributed by atoms with Crippen LogP contribution in [-0.4, -0.2) is 11.3 Å². The number of nitrogens with zero attached hydrogens (tertiary/aromatic N) is 1. The van der Waals surface area contributed by atoms with Crippen LogP contribution in [0.1, 0.15) is 5.56 Å².